The zero-order valence-corrected chi connectivity index (χ0v) is 17.4. The van der Waals surface area contributed by atoms with Gasteiger partial charge >= 0.3 is 0 Å². The van der Waals surface area contributed by atoms with Crippen molar-refractivity contribution in [2.75, 3.05) is 22.8 Å². The van der Waals surface area contributed by atoms with Gasteiger partial charge in [-0.25, -0.2) is 5.01 Å². The Morgan fingerprint density at radius 3 is 2.50 bits per heavy atom. The maximum Gasteiger partial charge on any atom is 0.271 e. The van der Waals surface area contributed by atoms with Crippen LogP contribution < -0.4 is 20.4 Å². The van der Waals surface area contributed by atoms with Gasteiger partial charge in [0.05, 0.1) is 24.2 Å². The Morgan fingerprint density at radius 2 is 1.80 bits per heavy atom. The molecule has 3 amide bonds. The highest BCUT2D eigenvalue weighted by atomic mass is 16.5. The van der Waals surface area contributed by atoms with Crippen LogP contribution in [0.2, 0.25) is 0 Å². The summed E-state index contributed by atoms with van der Waals surface area (Å²) >= 11 is 0. The number of hydrogen-bond donors (Lipinski definition) is 2. The zero-order valence-electron chi connectivity index (χ0n) is 17.4. The van der Waals surface area contributed by atoms with Crippen LogP contribution >= 0.6 is 0 Å². The Morgan fingerprint density at radius 1 is 1.03 bits per heavy atom. The molecule has 0 saturated carbocycles. The third-order valence-electron chi connectivity index (χ3n) is 4.67. The van der Waals surface area contributed by atoms with Crippen LogP contribution in [0.25, 0.3) is 0 Å². The molecule has 0 bridgehead atoms. The maximum absolute atomic E-state index is 12.9. The fourth-order valence-electron chi connectivity index (χ4n) is 3.10. The molecule has 0 saturated heterocycles. The molecule has 30 heavy (non-hydrogen) atoms. The van der Waals surface area contributed by atoms with Gasteiger partial charge < -0.3 is 15.4 Å². The fourth-order valence-corrected chi connectivity index (χ4v) is 3.10. The summed E-state index contributed by atoms with van der Waals surface area (Å²) in [5.74, 6) is -0.354. The number of rotatable bonds is 5. The van der Waals surface area contributed by atoms with Gasteiger partial charge in [-0.2, -0.15) is 5.10 Å². The van der Waals surface area contributed by atoms with Crippen LogP contribution in [-0.4, -0.2) is 30.5 Å². The molecule has 2 aromatic rings. The second-order valence-electron chi connectivity index (χ2n) is 7.09. The van der Waals surface area contributed by atoms with Crippen LogP contribution in [-0.2, 0) is 14.4 Å². The van der Waals surface area contributed by atoms with Gasteiger partial charge in [0, 0.05) is 25.8 Å². The van der Waals surface area contributed by atoms with Crippen molar-refractivity contribution in [3.05, 3.63) is 47.5 Å². The van der Waals surface area contributed by atoms with Crippen LogP contribution in [0, 0.1) is 13.8 Å². The third-order valence-corrected chi connectivity index (χ3v) is 4.67. The number of ether oxygens (including phenoxy) is 1. The van der Waals surface area contributed by atoms with Gasteiger partial charge in [-0.05, 0) is 43.2 Å². The number of amides is 3. The molecule has 0 atom stereocenters. The number of hydrogen-bond acceptors (Lipinski definition) is 5. The minimum Gasteiger partial charge on any atom is -0.497 e. The standard InChI is InChI=1S/C22H24N4O4/c1-13-5-6-14(2)20(11-13)26-21(28)10-9-18(25-26)22(29)24-19-12-16(30-4)7-8-17(19)23-15(3)27/h5-8,11-12H,9-10H2,1-4H3,(H,23,27)(H,24,29). The largest absolute Gasteiger partial charge is 0.497 e. The van der Waals surface area contributed by atoms with Crippen LogP contribution in [0.1, 0.15) is 30.9 Å². The van der Waals surface area contributed by atoms with E-state index in [9.17, 15) is 14.4 Å². The third kappa shape index (κ3) is 4.65. The average Bonchev–Trinajstić information content (AvgIpc) is 2.71. The minimum atomic E-state index is -0.447. The van der Waals surface area contributed by atoms with E-state index in [4.69, 9.17) is 4.74 Å². The number of anilines is 3. The van der Waals surface area contributed by atoms with Crippen LogP contribution in [0.4, 0.5) is 17.1 Å². The van der Waals surface area contributed by atoms with E-state index < -0.39 is 5.91 Å². The summed E-state index contributed by atoms with van der Waals surface area (Å²) < 4.78 is 5.21. The maximum atomic E-state index is 12.9. The van der Waals surface area contributed by atoms with Gasteiger partial charge in [0.1, 0.15) is 11.5 Å². The highest BCUT2D eigenvalue weighted by Crippen LogP contribution is 2.29. The minimum absolute atomic E-state index is 0.166. The monoisotopic (exact) mass is 408 g/mol. The Hall–Kier alpha value is -3.68. The van der Waals surface area contributed by atoms with E-state index in [1.54, 1.807) is 18.2 Å². The highest BCUT2D eigenvalue weighted by Gasteiger charge is 2.27. The molecule has 156 valence electrons. The van der Waals surface area contributed by atoms with Gasteiger partial charge in [0.25, 0.3) is 5.91 Å². The van der Waals surface area contributed by atoms with Crippen molar-refractivity contribution in [3.8, 4) is 5.75 Å². The first-order valence-electron chi connectivity index (χ1n) is 9.53. The van der Waals surface area contributed by atoms with Gasteiger partial charge in [0.2, 0.25) is 11.8 Å². The second-order valence-corrected chi connectivity index (χ2v) is 7.09. The van der Waals surface area contributed by atoms with Crippen LogP contribution in [0.15, 0.2) is 41.5 Å². The van der Waals surface area contributed by atoms with E-state index in [0.717, 1.165) is 11.1 Å². The molecule has 8 heteroatoms. The lowest BCUT2D eigenvalue weighted by Gasteiger charge is -2.25. The topological polar surface area (TPSA) is 100 Å². The highest BCUT2D eigenvalue weighted by molar-refractivity contribution is 6.44. The Bertz CT molecular complexity index is 1050. The predicted octanol–water partition coefficient (Wildman–Crippen LogP) is 3.39. The summed E-state index contributed by atoms with van der Waals surface area (Å²) in [5.41, 5.74) is 3.59. The Kier molecular flexibility index (Phi) is 6.15. The number of carbonyl (C=O) groups is 3. The normalized spacial score (nSPS) is 13.5. The molecule has 0 radical (unpaired) electrons. The molecule has 0 aliphatic carbocycles. The lowest BCUT2D eigenvalue weighted by molar-refractivity contribution is -0.119. The lowest BCUT2D eigenvalue weighted by atomic mass is 10.1. The Labute approximate surface area is 174 Å². The number of carbonyl (C=O) groups excluding carboxylic acids is 3. The summed E-state index contributed by atoms with van der Waals surface area (Å²) in [7, 11) is 1.51. The van der Waals surface area contributed by atoms with Gasteiger partial charge in [0.15, 0.2) is 0 Å². The average molecular weight is 408 g/mol. The second kappa shape index (κ2) is 8.77. The molecule has 2 N–H and O–H groups in total. The molecule has 1 aliphatic rings. The molecule has 8 nitrogen and oxygen atoms in total. The first-order chi connectivity index (χ1) is 14.3. The van der Waals surface area contributed by atoms with E-state index in [1.165, 1.54) is 19.0 Å². The van der Waals surface area contributed by atoms with Crippen molar-refractivity contribution in [3.63, 3.8) is 0 Å². The molecular formula is C22H24N4O4. The van der Waals surface area contributed by atoms with Gasteiger partial charge in [-0.15, -0.1) is 0 Å². The van der Waals surface area contributed by atoms with E-state index in [-0.39, 0.29) is 30.4 Å². The van der Waals surface area contributed by atoms with E-state index in [1.807, 2.05) is 32.0 Å². The molecule has 0 fully saturated rings. The molecule has 2 aromatic carbocycles. The summed E-state index contributed by atoms with van der Waals surface area (Å²) in [5, 5.41) is 11.1. The molecule has 1 aliphatic heterocycles. The fraction of sp³-hybridized carbons (Fsp3) is 0.273. The molecule has 0 unspecified atom stereocenters. The van der Waals surface area contributed by atoms with Crippen molar-refractivity contribution in [2.45, 2.75) is 33.6 Å². The van der Waals surface area contributed by atoms with Crippen molar-refractivity contribution >= 4 is 40.5 Å². The number of nitrogens with zero attached hydrogens (tertiary/aromatic N) is 2. The van der Waals surface area contributed by atoms with Crippen LogP contribution in [0.5, 0.6) is 5.75 Å². The van der Waals surface area contributed by atoms with Crippen molar-refractivity contribution < 1.29 is 19.1 Å². The molecule has 1 heterocycles. The molecular weight excluding hydrogens is 384 g/mol. The number of aryl methyl sites for hydroxylation is 2. The quantitative estimate of drug-likeness (QED) is 0.792. The molecule has 0 spiro atoms. The molecule has 3 rings (SSSR count). The van der Waals surface area contributed by atoms with Gasteiger partial charge in [-0.3, -0.25) is 14.4 Å². The van der Waals surface area contributed by atoms with Crippen LogP contribution in [0.3, 0.4) is 0 Å². The smallest absolute Gasteiger partial charge is 0.271 e. The number of hydrazone groups is 1. The first-order valence-corrected chi connectivity index (χ1v) is 9.53. The number of methoxy groups -OCH3 is 1. The summed E-state index contributed by atoms with van der Waals surface area (Å²) in [6.45, 7) is 5.21. The Balaban J connectivity index is 1.90. The first kappa shape index (κ1) is 21.0. The van der Waals surface area contributed by atoms with E-state index in [2.05, 4.69) is 15.7 Å². The van der Waals surface area contributed by atoms with E-state index in [0.29, 0.717) is 22.8 Å². The van der Waals surface area contributed by atoms with Crippen molar-refractivity contribution in [1.82, 2.24) is 0 Å². The number of benzene rings is 2. The number of nitrogens with one attached hydrogen (secondary N) is 2. The summed E-state index contributed by atoms with van der Waals surface area (Å²) in [4.78, 5) is 36.9. The zero-order chi connectivity index (χ0) is 21.8. The lowest BCUT2D eigenvalue weighted by Crippen LogP contribution is -2.36. The summed E-state index contributed by atoms with van der Waals surface area (Å²) in [6, 6.07) is 10.7. The van der Waals surface area contributed by atoms with E-state index >= 15 is 0 Å². The predicted molar refractivity (Wildman–Crippen MR) is 116 cm³/mol. The summed E-state index contributed by atoms with van der Waals surface area (Å²) in [6.07, 6.45) is 0.405. The SMILES string of the molecule is COc1ccc(NC(C)=O)c(NC(=O)C2=NN(c3cc(C)ccc3C)C(=O)CC2)c1. The van der Waals surface area contributed by atoms with Crippen molar-refractivity contribution in [1.29, 1.82) is 0 Å². The van der Waals surface area contributed by atoms with Crippen molar-refractivity contribution in [2.24, 2.45) is 5.10 Å². The van der Waals surface area contributed by atoms with Gasteiger partial charge in [-0.1, -0.05) is 12.1 Å². The molecule has 0 aromatic heterocycles.